The molecule has 7 nitrogen and oxygen atoms in total. The highest BCUT2D eigenvalue weighted by Gasteiger charge is 2.41. The molecule has 4 rings (SSSR count). The van der Waals surface area contributed by atoms with Crippen LogP contribution in [0.3, 0.4) is 0 Å². The number of carbonyl (C=O) groups excluding carboxylic acids is 3. The lowest BCUT2D eigenvalue weighted by molar-refractivity contribution is -0.144. The molecule has 14 heteroatoms. The molecule has 2 atom stereocenters. The van der Waals surface area contributed by atoms with Gasteiger partial charge in [0.1, 0.15) is 5.82 Å². The highest BCUT2D eigenvalue weighted by atomic mass is 19.4. The Morgan fingerprint density at radius 1 is 0.889 bits per heavy atom. The molecule has 2 heterocycles. The normalized spacial score (nSPS) is 19.8. The van der Waals surface area contributed by atoms with E-state index in [0.29, 0.717) is 49.2 Å². The molecule has 0 spiro atoms. The molecule has 2 aliphatic rings. The second kappa shape index (κ2) is 13.3. The summed E-state index contributed by atoms with van der Waals surface area (Å²) in [5.74, 6) is -2.92. The van der Waals surface area contributed by atoms with Crippen LogP contribution >= 0.6 is 0 Å². The van der Waals surface area contributed by atoms with Crippen LogP contribution in [-0.2, 0) is 33.2 Å². The highest BCUT2D eigenvalue weighted by Crippen LogP contribution is 2.39. The largest absolute Gasteiger partial charge is 0.453 e. The number of nitrogens with zero attached hydrogens (tertiary/aromatic N) is 3. The fourth-order valence-electron chi connectivity index (χ4n) is 6.26. The van der Waals surface area contributed by atoms with E-state index in [1.807, 2.05) is 0 Å². The Kier molecular flexibility index (Phi) is 10.0. The van der Waals surface area contributed by atoms with Crippen LogP contribution in [0.1, 0.15) is 53.0 Å². The van der Waals surface area contributed by atoms with Gasteiger partial charge in [-0.3, -0.25) is 9.59 Å². The van der Waals surface area contributed by atoms with Gasteiger partial charge in [0.2, 0.25) is 11.8 Å². The maximum Gasteiger partial charge on any atom is 0.416 e. The summed E-state index contributed by atoms with van der Waals surface area (Å²) in [7, 11) is 2.58. The fraction of sp³-hybridized carbons (Fsp3) is 0.516. The zero-order chi connectivity index (χ0) is 33.3. The molecule has 0 aromatic heterocycles. The van der Waals surface area contributed by atoms with Gasteiger partial charge in [0.15, 0.2) is 0 Å². The summed E-state index contributed by atoms with van der Waals surface area (Å²) in [5, 5.41) is 0. The number of amides is 3. The Labute approximate surface area is 255 Å². The molecule has 2 saturated heterocycles. The molecule has 0 saturated carbocycles. The van der Waals surface area contributed by atoms with E-state index in [9.17, 15) is 45.1 Å². The number of benzene rings is 2. The summed E-state index contributed by atoms with van der Waals surface area (Å²) in [4.78, 5) is 43.4. The lowest BCUT2D eigenvalue weighted by Crippen LogP contribution is -2.50. The maximum absolute atomic E-state index is 14.0. The number of carbonyl (C=O) groups is 3. The minimum Gasteiger partial charge on any atom is -0.453 e. The first-order valence-electron chi connectivity index (χ1n) is 14.4. The van der Waals surface area contributed by atoms with Crippen molar-refractivity contribution in [2.24, 2.45) is 11.8 Å². The van der Waals surface area contributed by atoms with Crippen molar-refractivity contribution >= 4 is 17.9 Å². The third kappa shape index (κ3) is 7.88. The minimum absolute atomic E-state index is 0.0324. The number of methoxy groups -OCH3 is 1. The van der Waals surface area contributed by atoms with Crippen molar-refractivity contribution in [3.63, 3.8) is 0 Å². The highest BCUT2D eigenvalue weighted by molar-refractivity contribution is 5.82. The monoisotopic (exact) mass is 645 g/mol. The van der Waals surface area contributed by atoms with Crippen LogP contribution in [0.4, 0.5) is 35.5 Å². The Hall–Kier alpha value is -3.84. The van der Waals surface area contributed by atoms with E-state index in [1.165, 1.54) is 37.3 Å². The van der Waals surface area contributed by atoms with Gasteiger partial charge in [0.05, 0.1) is 18.2 Å². The predicted octanol–water partition coefficient (Wildman–Crippen LogP) is 6.24. The molecule has 3 amide bonds. The van der Waals surface area contributed by atoms with Gasteiger partial charge in [0, 0.05) is 57.5 Å². The van der Waals surface area contributed by atoms with Crippen LogP contribution in [0.5, 0.6) is 0 Å². The van der Waals surface area contributed by atoms with E-state index in [4.69, 9.17) is 4.74 Å². The second-order valence-electron chi connectivity index (χ2n) is 11.6. The number of hydrogen-bond donors (Lipinski definition) is 0. The average Bonchev–Trinajstić information content (AvgIpc) is 2.98. The SMILES string of the molecule is COC(=O)N1CCC(C(=O)N2CC[C@@H](C(=O)N(C)Cc3cc(C(F)(F)F)cc(C(F)(F)F)c3)[C@H](c3ccc(F)cc3C)C2)CC1. The van der Waals surface area contributed by atoms with E-state index in [1.54, 1.807) is 11.8 Å². The van der Waals surface area contributed by atoms with Crippen molar-refractivity contribution in [2.75, 3.05) is 40.3 Å². The van der Waals surface area contributed by atoms with Gasteiger partial charge in [-0.1, -0.05) is 6.07 Å². The third-order valence-electron chi connectivity index (χ3n) is 8.59. The average molecular weight is 646 g/mol. The summed E-state index contributed by atoms with van der Waals surface area (Å²) in [5.41, 5.74) is -2.14. The summed E-state index contributed by atoms with van der Waals surface area (Å²) < 4.78 is 99.2. The number of ether oxygens (including phenoxy) is 1. The van der Waals surface area contributed by atoms with Crippen molar-refractivity contribution in [1.29, 1.82) is 0 Å². The first-order valence-corrected chi connectivity index (χ1v) is 14.4. The lowest BCUT2D eigenvalue weighted by atomic mass is 9.77. The molecule has 0 aliphatic carbocycles. The smallest absolute Gasteiger partial charge is 0.416 e. The predicted molar refractivity (Wildman–Crippen MR) is 148 cm³/mol. The molecule has 2 aliphatic heterocycles. The van der Waals surface area contributed by atoms with Gasteiger partial charge < -0.3 is 19.4 Å². The van der Waals surface area contributed by atoms with Crippen molar-refractivity contribution in [1.82, 2.24) is 14.7 Å². The number of hydrogen-bond acceptors (Lipinski definition) is 4. The number of alkyl halides is 6. The zero-order valence-electron chi connectivity index (χ0n) is 25.0. The Balaban J connectivity index is 1.56. The summed E-state index contributed by atoms with van der Waals surface area (Å²) in [6.45, 7) is 2.13. The van der Waals surface area contributed by atoms with E-state index in [0.717, 1.165) is 4.90 Å². The van der Waals surface area contributed by atoms with Crippen LogP contribution in [0.2, 0.25) is 0 Å². The molecule has 2 aromatic rings. The van der Waals surface area contributed by atoms with Crippen molar-refractivity contribution in [2.45, 2.75) is 51.0 Å². The summed E-state index contributed by atoms with van der Waals surface area (Å²) in [6.07, 6.45) is -9.51. The van der Waals surface area contributed by atoms with Gasteiger partial charge in [-0.15, -0.1) is 0 Å². The molecule has 0 radical (unpaired) electrons. The van der Waals surface area contributed by atoms with Gasteiger partial charge in [0.25, 0.3) is 0 Å². The molecule has 0 unspecified atom stereocenters. The van der Waals surface area contributed by atoms with Crippen LogP contribution < -0.4 is 0 Å². The maximum atomic E-state index is 14.0. The lowest BCUT2D eigenvalue weighted by Gasteiger charge is -2.42. The molecule has 2 fully saturated rings. The molecule has 0 N–H and O–H groups in total. The fourth-order valence-corrected chi connectivity index (χ4v) is 6.26. The van der Waals surface area contributed by atoms with E-state index in [2.05, 4.69) is 0 Å². The number of likely N-dealkylation sites (tertiary alicyclic amines) is 2. The number of halogens is 7. The zero-order valence-corrected chi connectivity index (χ0v) is 25.0. The van der Waals surface area contributed by atoms with E-state index >= 15 is 0 Å². The van der Waals surface area contributed by atoms with Crippen LogP contribution in [0.15, 0.2) is 36.4 Å². The van der Waals surface area contributed by atoms with Gasteiger partial charge in [-0.05, 0) is 73.2 Å². The molecular weight excluding hydrogens is 611 g/mol. The first kappa shape index (κ1) is 34.0. The Morgan fingerprint density at radius 2 is 1.47 bits per heavy atom. The van der Waals surface area contributed by atoms with E-state index < -0.39 is 59.7 Å². The van der Waals surface area contributed by atoms with Gasteiger partial charge in [-0.25, -0.2) is 9.18 Å². The van der Waals surface area contributed by atoms with Gasteiger partial charge >= 0.3 is 18.4 Å². The first-order chi connectivity index (χ1) is 21.0. The quantitative estimate of drug-likeness (QED) is 0.361. The Morgan fingerprint density at radius 3 is 2.00 bits per heavy atom. The number of aryl methyl sites for hydroxylation is 1. The third-order valence-corrected chi connectivity index (χ3v) is 8.59. The van der Waals surface area contributed by atoms with Gasteiger partial charge in [-0.2, -0.15) is 26.3 Å². The molecule has 45 heavy (non-hydrogen) atoms. The molecule has 0 bridgehead atoms. The molecule has 2 aromatic carbocycles. The molecular formula is C31H34F7N3O4. The van der Waals surface area contributed by atoms with Crippen molar-refractivity contribution in [3.05, 3.63) is 70.0 Å². The number of rotatable bonds is 5. The van der Waals surface area contributed by atoms with Crippen LogP contribution in [0, 0.1) is 24.6 Å². The summed E-state index contributed by atoms with van der Waals surface area (Å²) in [6, 6.07) is 5.27. The van der Waals surface area contributed by atoms with E-state index in [-0.39, 0.29) is 43.0 Å². The van der Waals surface area contributed by atoms with Crippen molar-refractivity contribution in [3.8, 4) is 0 Å². The standard InChI is InChI=1S/C31H34F7N3O4/c1-18-12-23(32)4-5-24(18)26-17-41(27(42)20-6-9-40(10-7-20)29(44)45-3)11-8-25(26)28(43)39(2)16-19-13-21(30(33,34)35)15-22(14-19)31(36,37)38/h4-5,12-15,20,25-26H,6-11,16-17H2,1-3H3/t25-,26+/m1/s1. The topological polar surface area (TPSA) is 70.2 Å². The minimum atomic E-state index is -5.03. The Bertz CT molecular complexity index is 1390. The summed E-state index contributed by atoms with van der Waals surface area (Å²) >= 11 is 0. The van der Waals surface area contributed by atoms with Crippen LogP contribution in [-0.4, -0.2) is 72.9 Å². The molecule has 246 valence electrons. The van der Waals surface area contributed by atoms with Crippen LogP contribution in [0.25, 0.3) is 0 Å². The van der Waals surface area contributed by atoms with Crippen molar-refractivity contribution < 1.29 is 49.9 Å². The number of piperidine rings is 2. The second-order valence-corrected chi connectivity index (χ2v) is 11.6.